The van der Waals surface area contributed by atoms with Gasteiger partial charge in [0.25, 0.3) is 11.6 Å². The van der Waals surface area contributed by atoms with Crippen molar-refractivity contribution in [1.82, 2.24) is 16.2 Å². The molecule has 0 spiro atoms. The number of hydrazine groups is 1. The third-order valence-electron chi connectivity index (χ3n) is 3.01. The maximum atomic E-state index is 12.0. The molecule has 0 aliphatic carbocycles. The van der Waals surface area contributed by atoms with Gasteiger partial charge in [-0.3, -0.25) is 25.8 Å². The molecule has 0 bridgehead atoms. The highest BCUT2D eigenvalue weighted by atomic mass is 32.2. The third kappa shape index (κ3) is 6.40. The summed E-state index contributed by atoms with van der Waals surface area (Å²) in [5.74, 6) is 0.302. The molecule has 0 aliphatic heterocycles. The van der Waals surface area contributed by atoms with Crippen molar-refractivity contribution in [2.24, 2.45) is 0 Å². The van der Waals surface area contributed by atoms with Crippen molar-refractivity contribution in [1.29, 1.82) is 0 Å². The molecule has 25 heavy (non-hydrogen) atoms. The Labute approximate surface area is 154 Å². The Morgan fingerprint density at radius 1 is 1.12 bits per heavy atom. The van der Waals surface area contributed by atoms with Crippen LogP contribution >= 0.6 is 24.0 Å². The van der Waals surface area contributed by atoms with E-state index in [0.29, 0.717) is 6.54 Å². The van der Waals surface area contributed by atoms with Crippen molar-refractivity contribution in [2.45, 2.75) is 4.90 Å². The van der Waals surface area contributed by atoms with Crippen molar-refractivity contribution < 1.29 is 9.72 Å². The Morgan fingerprint density at radius 3 is 2.60 bits per heavy atom. The average molecular weight is 376 g/mol. The number of non-ortho nitro benzene ring substituents is 1. The molecule has 0 atom stereocenters. The maximum absolute atomic E-state index is 12.0. The van der Waals surface area contributed by atoms with E-state index >= 15 is 0 Å². The van der Waals surface area contributed by atoms with Crippen LogP contribution in [0.5, 0.6) is 0 Å². The molecule has 2 aromatic carbocycles. The van der Waals surface area contributed by atoms with Crippen LogP contribution in [0, 0.1) is 10.1 Å². The molecular weight excluding hydrogens is 360 g/mol. The summed E-state index contributed by atoms with van der Waals surface area (Å²) in [6.45, 7) is 0.623. The highest BCUT2D eigenvalue weighted by Crippen LogP contribution is 2.15. The smallest absolute Gasteiger partial charge is 0.270 e. The van der Waals surface area contributed by atoms with Gasteiger partial charge in [0.2, 0.25) is 0 Å². The van der Waals surface area contributed by atoms with E-state index in [9.17, 15) is 14.9 Å². The Bertz CT molecular complexity index is 756. The predicted octanol–water partition coefficient (Wildman–Crippen LogP) is 2.50. The van der Waals surface area contributed by atoms with E-state index in [1.807, 2.05) is 30.3 Å². The van der Waals surface area contributed by atoms with E-state index < -0.39 is 10.8 Å². The van der Waals surface area contributed by atoms with E-state index in [4.69, 9.17) is 12.2 Å². The van der Waals surface area contributed by atoms with Crippen molar-refractivity contribution in [3.05, 3.63) is 70.3 Å². The van der Waals surface area contributed by atoms with E-state index in [1.165, 1.54) is 29.2 Å². The molecule has 2 aromatic rings. The number of thiocarbonyl (C=S) groups is 1. The number of nitrogens with one attached hydrogen (secondary N) is 3. The van der Waals surface area contributed by atoms with Crippen LogP contribution in [0.4, 0.5) is 5.69 Å². The number of nitro groups is 1. The van der Waals surface area contributed by atoms with Gasteiger partial charge in [0, 0.05) is 34.9 Å². The Kier molecular flexibility index (Phi) is 7.17. The van der Waals surface area contributed by atoms with Gasteiger partial charge < -0.3 is 5.32 Å². The fraction of sp³-hybridized carbons (Fsp3) is 0.125. The molecule has 3 N–H and O–H groups in total. The van der Waals surface area contributed by atoms with Crippen molar-refractivity contribution in [3.63, 3.8) is 0 Å². The number of nitrogens with zero attached hydrogens (tertiary/aromatic N) is 1. The van der Waals surface area contributed by atoms with Crippen LogP contribution in [0.2, 0.25) is 0 Å². The van der Waals surface area contributed by atoms with Crippen molar-refractivity contribution >= 4 is 40.7 Å². The zero-order chi connectivity index (χ0) is 18.1. The van der Waals surface area contributed by atoms with Crippen LogP contribution in [0.3, 0.4) is 0 Å². The lowest BCUT2D eigenvalue weighted by Crippen LogP contribution is -2.47. The second-order valence-corrected chi connectivity index (χ2v) is 6.38. The number of carbonyl (C=O) groups is 1. The zero-order valence-corrected chi connectivity index (χ0v) is 14.7. The molecule has 0 saturated heterocycles. The van der Waals surface area contributed by atoms with Crippen molar-refractivity contribution in [2.75, 3.05) is 12.3 Å². The summed E-state index contributed by atoms with van der Waals surface area (Å²) >= 11 is 6.75. The number of hydrogen-bond acceptors (Lipinski definition) is 5. The minimum absolute atomic E-state index is 0.147. The second kappa shape index (κ2) is 9.60. The fourth-order valence-corrected chi connectivity index (χ4v) is 2.78. The summed E-state index contributed by atoms with van der Waals surface area (Å²) < 4.78 is 0. The molecule has 0 unspecified atom stereocenters. The minimum Gasteiger partial charge on any atom is -0.361 e. The standard InChI is InChI=1S/C16H16N4O3S2/c21-15(12-5-4-6-13(11-12)20(22)23)18-19-16(24)17-9-10-25-14-7-2-1-3-8-14/h1-8,11H,9-10H2,(H,18,21)(H2,17,19,24). The van der Waals surface area contributed by atoms with Crippen LogP contribution in [-0.4, -0.2) is 28.2 Å². The molecule has 2 rings (SSSR count). The topological polar surface area (TPSA) is 96.3 Å². The fourth-order valence-electron chi connectivity index (χ4n) is 1.84. The largest absolute Gasteiger partial charge is 0.361 e. The Morgan fingerprint density at radius 2 is 1.88 bits per heavy atom. The number of nitro benzene ring substituents is 1. The summed E-state index contributed by atoms with van der Waals surface area (Å²) in [5, 5.41) is 14.0. The maximum Gasteiger partial charge on any atom is 0.270 e. The lowest BCUT2D eigenvalue weighted by atomic mass is 10.2. The molecule has 130 valence electrons. The average Bonchev–Trinajstić information content (AvgIpc) is 2.64. The number of amides is 1. The first-order valence-corrected chi connectivity index (χ1v) is 8.72. The Hall–Kier alpha value is -2.65. The molecule has 0 saturated carbocycles. The molecule has 0 fully saturated rings. The number of carbonyl (C=O) groups excluding carboxylic acids is 1. The van der Waals surface area contributed by atoms with Gasteiger partial charge in [-0.15, -0.1) is 11.8 Å². The summed E-state index contributed by atoms with van der Waals surface area (Å²) in [6.07, 6.45) is 0. The van der Waals surface area contributed by atoms with Gasteiger partial charge in [-0.25, -0.2) is 0 Å². The van der Waals surface area contributed by atoms with Crippen LogP contribution in [-0.2, 0) is 0 Å². The summed E-state index contributed by atoms with van der Waals surface area (Å²) in [6, 6.07) is 15.4. The van der Waals surface area contributed by atoms with Crippen LogP contribution in [0.1, 0.15) is 10.4 Å². The normalized spacial score (nSPS) is 9.92. The van der Waals surface area contributed by atoms with Gasteiger partial charge in [-0.2, -0.15) is 0 Å². The first kappa shape index (κ1) is 18.7. The molecule has 0 aromatic heterocycles. The molecule has 0 heterocycles. The third-order valence-corrected chi connectivity index (χ3v) is 4.27. The van der Waals surface area contributed by atoms with Crippen LogP contribution in [0.15, 0.2) is 59.5 Å². The van der Waals surface area contributed by atoms with Gasteiger partial charge in [0.05, 0.1) is 4.92 Å². The number of rotatable bonds is 6. The second-order valence-electron chi connectivity index (χ2n) is 4.80. The molecule has 9 heteroatoms. The quantitative estimate of drug-likeness (QED) is 0.234. The van der Waals surface area contributed by atoms with Gasteiger partial charge in [-0.05, 0) is 30.4 Å². The van der Waals surface area contributed by atoms with Gasteiger partial charge in [0.15, 0.2) is 5.11 Å². The molecule has 1 amide bonds. The zero-order valence-electron chi connectivity index (χ0n) is 13.1. The lowest BCUT2D eigenvalue weighted by molar-refractivity contribution is -0.384. The first-order chi connectivity index (χ1) is 12.1. The van der Waals surface area contributed by atoms with E-state index in [2.05, 4.69) is 16.2 Å². The Balaban J connectivity index is 1.70. The number of hydrogen-bond donors (Lipinski definition) is 3. The van der Waals surface area contributed by atoms with E-state index in [-0.39, 0.29) is 16.4 Å². The monoisotopic (exact) mass is 376 g/mol. The highest BCUT2D eigenvalue weighted by molar-refractivity contribution is 7.99. The summed E-state index contributed by atoms with van der Waals surface area (Å²) in [5.41, 5.74) is 4.99. The highest BCUT2D eigenvalue weighted by Gasteiger charge is 2.11. The first-order valence-electron chi connectivity index (χ1n) is 7.33. The summed E-state index contributed by atoms with van der Waals surface area (Å²) in [4.78, 5) is 23.3. The molecule has 7 nitrogen and oxygen atoms in total. The molecule has 0 radical (unpaired) electrons. The van der Waals surface area contributed by atoms with Crippen molar-refractivity contribution in [3.8, 4) is 0 Å². The van der Waals surface area contributed by atoms with Gasteiger partial charge >= 0.3 is 0 Å². The summed E-state index contributed by atoms with van der Waals surface area (Å²) in [7, 11) is 0. The number of benzene rings is 2. The van der Waals surface area contributed by atoms with Gasteiger partial charge in [0.1, 0.15) is 0 Å². The molecule has 0 aliphatic rings. The van der Waals surface area contributed by atoms with Crippen LogP contribution in [0.25, 0.3) is 0 Å². The van der Waals surface area contributed by atoms with E-state index in [0.717, 1.165) is 5.75 Å². The number of thioether (sulfide) groups is 1. The van der Waals surface area contributed by atoms with Crippen LogP contribution < -0.4 is 16.2 Å². The van der Waals surface area contributed by atoms with E-state index in [1.54, 1.807) is 11.8 Å². The SMILES string of the molecule is O=C(NNC(=S)NCCSc1ccccc1)c1cccc([N+](=O)[O-])c1. The minimum atomic E-state index is -0.555. The predicted molar refractivity (Wildman–Crippen MR) is 101 cm³/mol. The van der Waals surface area contributed by atoms with Gasteiger partial charge in [-0.1, -0.05) is 24.3 Å². The lowest BCUT2D eigenvalue weighted by Gasteiger charge is -2.11. The molecular formula is C16H16N4O3S2.